The van der Waals surface area contributed by atoms with E-state index in [1.807, 2.05) is 13.1 Å². The van der Waals surface area contributed by atoms with E-state index in [4.69, 9.17) is 4.74 Å². The van der Waals surface area contributed by atoms with Crippen LogP contribution in [0.25, 0.3) is 0 Å². The van der Waals surface area contributed by atoms with E-state index >= 15 is 0 Å². The molecule has 1 saturated heterocycles. The van der Waals surface area contributed by atoms with E-state index in [2.05, 4.69) is 64.4 Å². The van der Waals surface area contributed by atoms with Crippen molar-refractivity contribution in [2.45, 2.75) is 45.7 Å². The Hall–Kier alpha value is -1.79. The number of benzene rings is 1. The molecule has 0 amide bonds. The minimum atomic E-state index is 0.278. The van der Waals surface area contributed by atoms with Crippen molar-refractivity contribution in [1.29, 1.82) is 0 Å². The fourth-order valence-electron chi connectivity index (χ4n) is 3.94. The highest BCUT2D eigenvalue weighted by atomic mass is 16.5. The molecule has 0 spiro atoms. The van der Waals surface area contributed by atoms with Crippen molar-refractivity contribution in [3.8, 4) is 5.75 Å². The minimum Gasteiger partial charge on any atom is -0.496 e. The lowest BCUT2D eigenvalue weighted by atomic mass is 10.0. The summed E-state index contributed by atoms with van der Waals surface area (Å²) in [5.74, 6) is 1.82. The molecule has 1 unspecified atom stereocenters. The number of nitrogens with one attached hydrogen (secondary N) is 2. The molecule has 2 rings (SSSR count). The van der Waals surface area contributed by atoms with Crippen LogP contribution in [0.2, 0.25) is 0 Å². The quantitative estimate of drug-likeness (QED) is 0.476. The van der Waals surface area contributed by atoms with Crippen molar-refractivity contribution in [2.24, 2.45) is 4.99 Å². The van der Waals surface area contributed by atoms with Gasteiger partial charge in [0.2, 0.25) is 0 Å². The predicted octanol–water partition coefficient (Wildman–Crippen LogP) is 2.73. The van der Waals surface area contributed by atoms with Crippen LogP contribution in [-0.2, 0) is 0 Å². The van der Waals surface area contributed by atoms with E-state index in [0.29, 0.717) is 6.04 Å². The van der Waals surface area contributed by atoms with Gasteiger partial charge in [0, 0.05) is 38.3 Å². The normalized spacial score (nSPS) is 16.6. The van der Waals surface area contributed by atoms with E-state index in [1.54, 1.807) is 7.11 Å². The molecule has 1 fully saturated rings. The predicted molar refractivity (Wildman–Crippen MR) is 118 cm³/mol. The Balaban J connectivity index is 1.97. The van der Waals surface area contributed by atoms with Gasteiger partial charge in [-0.05, 0) is 52.4 Å². The summed E-state index contributed by atoms with van der Waals surface area (Å²) >= 11 is 0. The number of rotatable bonds is 10. The molecule has 0 radical (unpaired) electrons. The largest absolute Gasteiger partial charge is 0.496 e. The van der Waals surface area contributed by atoms with Crippen molar-refractivity contribution >= 4 is 5.96 Å². The molecule has 2 N–H and O–H groups in total. The lowest BCUT2D eigenvalue weighted by Crippen LogP contribution is -2.45. The molecule has 0 aliphatic carbocycles. The standard InChI is InChI=1S/C22H39N5O/c1-6-26(18(2)3)16-13-24-22(23-4)25-17-20(27-14-9-10-15-27)19-11-7-8-12-21(19)28-5/h7-8,11-12,18,20H,6,9-10,13-17H2,1-5H3,(H2,23,24,25). The molecule has 0 aromatic heterocycles. The van der Waals surface area contributed by atoms with Crippen LogP contribution in [0.4, 0.5) is 0 Å². The third kappa shape index (κ3) is 6.38. The van der Waals surface area contributed by atoms with Gasteiger partial charge in [0.1, 0.15) is 5.75 Å². The SMILES string of the molecule is CCN(CCNC(=NC)NCC(c1ccccc1OC)N1CCCC1)C(C)C. The van der Waals surface area contributed by atoms with Crippen molar-refractivity contribution in [2.75, 3.05) is 53.4 Å². The Morgan fingerprint density at radius 3 is 2.54 bits per heavy atom. The topological polar surface area (TPSA) is 52.1 Å². The number of guanidine groups is 1. The number of nitrogens with zero attached hydrogens (tertiary/aromatic N) is 3. The Morgan fingerprint density at radius 2 is 1.93 bits per heavy atom. The Bertz CT molecular complexity index is 598. The molecule has 1 aromatic rings. The van der Waals surface area contributed by atoms with Gasteiger partial charge in [0.25, 0.3) is 0 Å². The van der Waals surface area contributed by atoms with E-state index in [-0.39, 0.29) is 6.04 Å². The second-order valence-electron chi connectivity index (χ2n) is 7.60. The van der Waals surface area contributed by atoms with Crippen LogP contribution in [0.1, 0.15) is 45.2 Å². The summed E-state index contributed by atoms with van der Waals surface area (Å²) in [4.78, 5) is 9.41. The molecule has 1 atom stereocenters. The van der Waals surface area contributed by atoms with Gasteiger partial charge < -0.3 is 15.4 Å². The van der Waals surface area contributed by atoms with Crippen LogP contribution in [0.5, 0.6) is 5.75 Å². The Morgan fingerprint density at radius 1 is 1.21 bits per heavy atom. The third-order valence-electron chi connectivity index (χ3n) is 5.59. The molecule has 158 valence electrons. The Kier molecular flexibility index (Phi) is 9.58. The van der Waals surface area contributed by atoms with Gasteiger partial charge >= 0.3 is 0 Å². The highest BCUT2D eigenvalue weighted by Gasteiger charge is 2.26. The molecule has 6 nitrogen and oxygen atoms in total. The van der Waals surface area contributed by atoms with E-state index < -0.39 is 0 Å². The van der Waals surface area contributed by atoms with Crippen LogP contribution in [0, 0.1) is 0 Å². The van der Waals surface area contributed by atoms with Crippen molar-refractivity contribution < 1.29 is 4.74 Å². The van der Waals surface area contributed by atoms with Gasteiger partial charge in [-0.3, -0.25) is 14.8 Å². The first-order valence-electron chi connectivity index (χ1n) is 10.7. The number of likely N-dealkylation sites (N-methyl/N-ethyl adjacent to an activating group) is 1. The maximum absolute atomic E-state index is 5.64. The molecule has 1 aliphatic rings. The summed E-state index contributed by atoms with van der Waals surface area (Å²) in [6.07, 6.45) is 2.53. The highest BCUT2D eigenvalue weighted by Crippen LogP contribution is 2.31. The summed E-state index contributed by atoms with van der Waals surface area (Å²) in [6, 6.07) is 9.20. The molecule has 1 aromatic carbocycles. The smallest absolute Gasteiger partial charge is 0.191 e. The van der Waals surface area contributed by atoms with Gasteiger partial charge in [-0.1, -0.05) is 25.1 Å². The summed E-state index contributed by atoms with van der Waals surface area (Å²) < 4.78 is 5.64. The molecular weight excluding hydrogens is 350 g/mol. The van der Waals surface area contributed by atoms with Crippen molar-refractivity contribution in [3.05, 3.63) is 29.8 Å². The van der Waals surface area contributed by atoms with Crippen LogP contribution in [0.3, 0.4) is 0 Å². The van der Waals surface area contributed by atoms with Crippen molar-refractivity contribution in [3.63, 3.8) is 0 Å². The van der Waals surface area contributed by atoms with Gasteiger partial charge in [-0.25, -0.2) is 0 Å². The monoisotopic (exact) mass is 389 g/mol. The average molecular weight is 390 g/mol. The zero-order chi connectivity index (χ0) is 20.4. The molecular formula is C22H39N5O. The summed E-state index contributed by atoms with van der Waals surface area (Å²) in [7, 11) is 3.59. The number of likely N-dealkylation sites (tertiary alicyclic amines) is 1. The van der Waals surface area contributed by atoms with E-state index in [1.165, 1.54) is 18.4 Å². The summed E-state index contributed by atoms with van der Waals surface area (Å²) in [5.41, 5.74) is 1.24. The lowest BCUT2D eigenvalue weighted by Gasteiger charge is -2.30. The van der Waals surface area contributed by atoms with E-state index in [0.717, 1.165) is 51.0 Å². The second-order valence-corrected chi connectivity index (χ2v) is 7.60. The average Bonchev–Trinajstić information content (AvgIpc) is 3.24. The number of hydrogen-bond acceptors (Lipinski definition) is 4. The number of para-hydroxylation sites is 1. The summed E-state index contributed by atoms with van der Waals surface area (Å²) in [6.45, 7) is 12.7. The summed E-state index contributed by atoms with van der Waals surface area (Å²) in [5, 5.41) is 7.00. The third-order valence-corrected chi connectivity index (χ3v) is 5.59. The van der Waals surface area contributed by atoms with Crippen LogP contribution >= 0.6 is 0 Å². The molecule has 0 saturated carbocycles. The first-order valence-corrected chi connectivity index (χ1v) is 10.7. The number of ether oxygens (including phenoxy) is 1. The Labute approximate surface area is 171 Å². The molecule has 1 aliphatic heterocycles. The van der Waals surface area contributed by atoms with Crippen LogP contribution in [0.15, 0.2) is 29.3 Å². The van der Waals surface area contributed by atoms with Gasteiger partial charge in [-0.2, -0.15) is 0 Å². The first kappa shape index (κ1) is 22.5. The fourth-order valence-corrected chi connectivity index (χ4v) is 3.94. The lowest BCUT2D eigenvalue weighted by molar-refractivity contribution is 0.235. The molecule has 6 heteroatoms. The van der Waals surface area contributed by atoms with E-state index in [9.17, 15) is 0 Å². The highest BCUT2D eigenvalue weighted by molar-refractivity contribution is 5.79. The first-order chi connectivity index (χ1) is 13.6. The number of aliphatic imine (C=N–C) groups is 1. The molecule has 1 heterocycles. The zero-order valence-corrected chi connectivity index (χ0v) is 18.4. The maximum Gasteiger partial charge on any atom is 0.191 e. The minimum absolute atomic E-state index is 0.278. The van der Waals surface area contributed by atoms with Gasteiger partial charge in [0.05, 0.1) is 13.2 Å². The second kappa shape index (κ2) is 11.9. The fraction of sp³-hybridized carbons (Fsp3) is 0.682. The number of methoxy groups -OCH3 is 1. The molecule has 0 bridgehead atoms. The zero-order valence-electron chi connectivity index (χ0n) is 18.4. The van der Waals surface area contributed by atoms with Crippen LogP contribution < -0.4 is 15.4 Å². The van der Waals surface area contributed by atoms with Gasteiger partial charge in [0.15, 0.2) is 5.96 Å². The van der Waals surface area contributed by atoms with Crippen LogP contribution in [-0.4, -0.2) is 75.2 Å². The number of hydrogen-bond donors (Lipinski definition) is 2. The van der Waals surface area contributed by atoms with Gasteiger partial charge in [-0.15, -0.1) is 0 Å². The maximum atomic E-state index is 5.64. The van der Waals surface area contributed by atoms with Crippen molar-refractivity contribution in [1.82, 2.24) is 20.4 Å². The molecule has 28 heavy (non-hydrogen) atoms.